The minimum absolute atomic E-state index is 0.000647. The molecular weight excluding hydrogens is 408 g/mol. The topological polar surface area (TPSA) is 93.3 Å². The highest BCUT2D eigenvalue weighted by atomic mass is 19.4. The second kappa shape index (κ2) is 7.52. The molecule has 0 spiro atoms. The number of nitrogens with one attached hydrogen (secondary N) is 1. The molecular formula is C19H24F4N4O3. The summed E-state index contributed by atoms with van der Waals surface area (Å²) in [6.07, 6.45) is -4.40. The number of methoxy groups -OCH3 is 1. The smallest absolute Gasteiger partial charge is 0.389 e. The van der Waals surface area contributed by atoms with Gasteiger partial charge in [0.1, 0.15) is 18.0 Å². The van der Waals surface area contributed by atoms with Gasteiger partial charge >= 0.3 is 11.9 Å². The maximum absolute atomic E-state index is 15.2. The number of nitrogens with zero attached hydrogens (tertiary/aromatic N) is 2. The summed E-state index contributed by atoms with van der Waals surface area (Å²) < 4.78 is 61.1. The summed E-state index contributed by atoms with van der Waals surface area (Å²) in [5.74, 6) is -1.10. The number of aromatic amines is 1. The number of alkyl halides is 4. The number of nitrogens with two attached hydrogens (primary N) is 1. The molecule has 4 unspecified atom stereocenters. The number of rotatable bonds is 5. The van der Waals surface area contributed by atoms with Gasteiger partial charge in [0.2, 0.25) is 0 Å². The number of hydrogen-bond donors (Lipinski definition) is 2. The van der Waals surface area contributed by atoms with E-state index in [-0.39, 0.29) is 42.0 Å². The lowest BCUT2D eigenvalue weighted by Gasteiger charge is -2.33. The first-order chi connectivity index (χ1) is 14.1. The molecule has 166 valence electrons. The van der Waals surface area contributed by atoms with Gasteiger partial charge in [-0.3, -0.25) is 19.2 Å². The van der Waals surface area contributed by atoms with Gasteiger partial charge < -0.3 is 10.5 Å². The van der Waals surface area contributed by atoms with Crippen LogP contribution in [0.1, 0.15) is 25.3 Å². The highest BCUT2D eigenvalue weighted by Gasteiger charge is 2.45. The summed E-state index contributed by atoms with van der Waals surface area (Å²) in [5, 5.41) is 0.236. The molecule has 0 radical (unpaired) electrons. The number of ether oxygens (including phenoxy) is 1. The Morgan fingerprint density at radius 2 is 1.90 bits per heavy atom. The van der Waals surface area contributed by atoms with Crippen molar-refractivity contribution in [2.45, 2.75) is 43.7 Å². The van der Waals surface area contributed by atoms with E-state index in [2.05, 4.69) is 4.98 Å². The summed E-state index contributed by atoms with van der Waals surface area (Å²) in [5.41, 5.74) is 4.39. The maximum Gasteiger partial charge on any atom is 0.389 e. The van der Waals surface area contributed by atoms with Crippen LogP contribution in [0.15, 0.2) is 9.59 Å². The van der Waals surface area contributed by atoms with Crippen molar-refractivity contribution in [3.63, 3.8) is 0 Å². The lowest BCUT2D eigenvalue weighted by Crippen LogP contribution is -2.60. The van der Waals surface area contributed by atoms with E-state index in [1.54, 1.807) is 4.90 Å². The van der Waals surface area contributed by atoms with Crippen molar-refractivity contribution in [3.8, 4) is 0 Å². The second-order valence-corrected chi connectivity index (χ2v) is 8.28. The van der Waals surface area contributed by atoms with E-state index < -0.39 is 47.9 Å². The van der Waals surface area contributed by atoms with Gasteiger partial charge in [0.15, 0.2) is 0 Å². The Morgan fingerprint density at radius 3 is 2.47 bits per heavy atom. The van der Waals surface area contributed by atoms with Crippen LogP contribution in [-0.2, 0) is 4.74 Å². The molecule has 1 saturated heterocycles. The standard InChI is InChI=1S/C19H24F4N4O3/c1-30-16-14-12(17(28)25-18(29)27(14)11-2-3-11)4-13(20)15(16)26-7-9(5-19(21,22)23)10(6-24)8-26/h4,9-11,13,15H,2-3,5-8,24H2,1H3,(H,25,28,29). The molecule has 3 aliphatic rings. The van der Waals surface area contributed by atoms with Crippen LogP contribution in [0.4, 0.5) is 17.6 Å². The van der Waals surface area contributed by atoms with E-state index in [0.717, 1.165) is 18.9 Å². The first kappa shape index (κ1) is 21.1. The van der Waals surface area contributed by atoms with Gasteiger partial charge in [-0.1, -0.05) is 0 Å². The minimum atomic E-state index is -4.35. The monoisotopic (exact) mass is 432 g/mol. The molecule has 2 aliphatic carbocycles. The lowest BCUT2D eigenvalue weighted by atomic mass is 9.93. The number of halogens is 4. The van der Waals surface area contributed by atoms with Crippen LogP contribution >= 0.6 is 0 Å². The molecule has 1 saturated carbocycles. The van der Waals surface area contributed by atoms with Crippen molar-refractivity contribution in [1.82, 2.24) is 14.5 Å². The Bertz CT molecular complexity index is 1060. The van der Waals surface area contributed by atoms with Crippen LogP contribution in [0.5, 0.6) is 0 Å². The zero-order chi connectivity index (χ0) is 21.8. The first-order valence-electron chi connectivity index (χ1n) is 9.94. The number of H-pyrrole nitrogens is 1. The normalized spacial score (nSPS) is 29.6. The Morgan fingerprint density at radius 1 is 1.23 bits per heavy atom. The zero-order valence-electron chi connectivity index (χ0n) is 16.4. The molecule has 4 rings (SSSR count). The third kappa shape index (κ3) is 3.68. The average Bonchev–Trinajstić information content (AvgIpc) is 3.41. The summed E-state index contributed by atoms with van der Waals surface area (Å²) >= 11 is 0. The van der Waals surface area contributed by atoms with Gasteiger partial charge in [-0.05, 0) is 37.3 Å². The molecule has 1 aromatic rings. The fourth-order valence-corrected chi connectivity index (χ4v) is 4.77. The van der Waals surface area contributed by atoms with Gasteiger partial charge in [0.05, 0.1) is 17.7 Å². The summed E-state index contributed by atoms with van der Waals surface area (Å²) in [7, 11) is 1.32. The molecule has 11 heteroatoms. The van der Waals surface area contributed by atoms with Crippen molar-refractivity contribution in [2.75, 3.05) is 26.7 Å². The van der Waals surface area contributed by atoms with Crippen molar-refractivity contribution in [2.24, 2.45) is 17.6 Å². The Kier molecular flexibility index (Phi) is 5.29. The zero-order valence-corrected chi connectivity index (χ0v) is 16.4. The van der Waals surface area contributed by atoms with Crippen LogP contribution in [-0.4, -0.2) is 59.6 Å². The largest absolute Gasteiger partial charge is 0.497 e. The third-order valence-electron chi connectivity index (χ3n) is 6.24. The van der Waals surface area contributed by atoms with E-state index in [4.69, 9.17) is 10.5 Å². The van der Waals surface area contributed by atoms with E-state index in [0.29, 0.717) is 0 Å². The number of fused-ring (bicyclic) bond motifs is 1. The molecule has 2 fully saturated rings. The van der Waals surface area contributed by atoms with Gasteiger partial charge in [-0.15, -0.1) is 0 Å². The second-order valence-electron chi connectivity index (χ2n) is 8.28. The number of aromatic nitrogens is 2. The van der Waals surface area contributed by atoms with Crippen LogP contribution < -0.4 is 27.6 Å². The first-order valence-corrected chi connectivity index (χ1v) is 9.94. The molecule has 30 heavy (non-hydrogen) atoms. The molecule has 3 N–H and O–H groups in total. The average molecular weight is 432 g/mol. The molecule has 7 nitrogen and oxygen atoms in total. The Hall–Kier alpha value is -2.14. The SMILES string of the molecule is COC1=c2c(c(=O)[nH]c(=O)n2C2CC2)=CC(F)C1N1CC(CN)C(CC(F)(F)F)C1. The highest BCUT2D eigenvalue weighted by molar-refractivity contribution is 5.53. The van der Waals surface area contributed by atoms with Crippen molar-refractivity contribution in [1.29, 1.82) is 0 Å². The Labute approximate surface area is 168 Å². The predicted octanol–water partition coefficient (Wildman–Crippen LogP) is -0.414. The molecule has 1 aliphatic heterocycles. The minimum Gasteiger partial charge on any atom is -0.497 e. The molecule has 0 aromatic carbocycles. The molecule has 1 aromatic heterocycles. The lowest BCUT2D eigenvalue weighted by molar-refractivity contribution is -0.146. The molecule has 0 amide bonds. The third-order valence-corrected chi connectivity index (χ3v) is 6.24. The quantitative estimate of drug-likeness (QED) is 0.617. The fraction of sp³-hybridized carbons (Fsp3) is 0.684. The van der Waals surface area contributed by atoms with Crippen LogP contribution in [0.25, 0.3) is 11.8 Å². The molecule has 0 bridgehead atoms. The number of likely N-dealkylation sites (tertiary alicyclic amines) is 1. The van der Waals surface area contributed by atoms with E-state index in [9.17, 15) is 22.8 Å². The van der Waals surface area contributed by atoms with Crippen molar-refractivity contribution < 1.29 is 22.3 Å². The van der Waals surface area contributed by atoms with E-state index in [1.807, 2.05) is 0 Å². The van der Waals surface area contributed by atoms with Gasteiger partial charge in [-0.2, -0.15) is 13.2 Å². The van der Waals surface area contributed by atoms with Gasteiger partial charge in [0.25, 0.3) is 5.56 Å². The molecule has 4 atom stereocenters. The maximum atomic E-state index is 15.2. The van der Waals surface area contributed by atoms with Crippen LogP contribution in [0.3, 0.4) is 0 Å². The van der Waals surface area contributed by atoms with Crippen LogP contribution in [0, 0.1) is 11.8 Å². The van der Waals surface area contributed by atoms with Crippen LogP contribution in [0.2, 0.25) is 0 Å². The van der Waals surface area contributed by atoms with Gasteiger partial charge in [0, 0.05) is 25.6 Å². The van der Waals surface area contributed by atoms with E-state index >= 15 is 4.39 Å². The van der Waals surface area contributed by atoms with Gasteiger partial charge in [-0.25, -0.2) is 9.18 Å². The van der Waals surface area contributed by atoms with Crippen molar-refractivity contribution >= 4 is 11.8 Å². The number of hydrogen-bond acceptors (Lipinski definition) is 5. The fourth-order valence-electron chi connectivity index (χ4n) is 4.77. The van der Waals surface area contributed by atoms with E-state index in [1.165, 1.54) is 11.7 Å². The molecule has 2 heterocycles. The Balaban J connectivity index is 1.82. The summed E-state index contributed by atoms with van der Waals surface area (Å²) in [6, 6.07) is -1.15. The highest BCUT2D eigenvalue weighted by Crippen LogP contribution is 2.37. The summed E-state index contributed by atoms with van der Waals surface area (Å²) in [6.45, 7) is 0.227. The summed E-state index contributed by atoms with van der Waals surface area (Å²) in [4.78, 5) is 28.6. The predicted molar refractivity (Wildman–Crippen MR) is 101 cm³/mol. The van der Waals surface area contributed by atoms with Crippen molar-refractivity contribution in [3.05, 3.63) is 31.4 Å².